The van der Waals surface area contributed by atoms with E-state index < -0.39 is 6.04 Å². The van der Waals surface area contributed by atoms with Gasteiger partial charge < -0.3 is 15.2 Å². The number of rotatable bonds is 4. The third kappa shape index (κ3) is 3.42. The minimum Gasteiger partial charge on any atom is -0.368 e. The van der Waals surface area contributed by atoms with Crippen molar-refractivity contribution in [2.45, 2.75) is 38.8 Å². The molecule has 7 nitrogen and oxygen atoms in total. The second kappa shape index (κ2) is 7.75. The maximum Gasteiger partial charge on any atom is 0.272 e. The first-order valence-electron chi connectivity index (χ1n) is 10.00. The Kier molecular flexibility index (Phi) is 5.17. The SMILES string of the molecule is Cc1nc2n(c1C(=O)N1CCN(C(C(N)=O)c3ccccc3)CC1)CCCC2. The molecule has 0 bridgehead atoms. The number of carbonyl (C=O) groups excluding carboxylic acids is 2. The van der Waals surface area contributed by atoms with Crippen LogP contribution in [0.1, 0.15) is 46.5 Å². The van der Waals surface area contributed by atoms with Crippen molar-refractivity contribution in [1.29, 1.82) is 0 Å². The highest BCUT2D eigenvalue weighted by Gasteiger charge is 2.32. The highest BCUT2D eigenvalue weighted by atomic mass is 16.2. The summed E-state index contributed by atoms with van der Waals surface area (Å²) >= 11 is 0. The van der Waals surface area contributed by atoms with E-state index in [0.29, 0.717) is 26.2 Å². The van der Waals surface area contributed by atoms with E-state index >= 15 is 0 Å². The molecule has 1 fully saturated rings. The molecule has 1 saturated heterocycles. The third-order valence-electron chi connectivity index (χ3n) is 5.81. The molecular formula is C21H27N5O2. The summed E-state index contributed by atoms with van der Waals surface area (Å²) in [6.07, 6.45) is 3.17. The molecule has 2 aliphatic rings. The average molecular weight is 381 g/mol. The van der Waals surface area contributed by atoms with E-state index in [1.165, 1.54) is 0 Å². The van der Waals surface area contributed by atoms with Gasteiger partial charge in [0.1, 0.15) is 17.6 Å². The average Bonchev–Trinajstić information content (AvgIpc) is 3.04. The van der Waals surface area contributed by atoms with Gasteiger partial charge in [-0.3, -0.25) is 14.5 Å². The number of nitrogens with zero attached hydrogens (tertiary/aromatic N) is 4. The van der Waals surface area contributed by atoms with Gasteiger partial charge in [0.05, 0.1) is 5.69 Å². The lowest BCUT2D eigenvalue weighted by atomic mass is 10.0. The monoisotopic (exact) mass is 381 g/mol. The number of hydrogen-bond acceptors (Lipinski definition) is 4. The number of aryl methyl sites for hydroxylation is 2. The molecule has 7 heteroatoms. The smallest absolute Gasteiger partial charge is 0.272 e. The lowest BCUT2D eigenvalue weighted by molar-refractivity contribution is -0.124. The number of imidazole rings is 1. The molecule has 0 radical (unpaired) electrons. The number of aromatic nitrogens is 2. The quantitative estimate of drug-likeness (QED) is 0.870. The summed E-state index contributed by atoms with van der Waals surface area (Å²) < 4.78 is 2.10. The molecule has 2 N–H and O–H groups in total. The van der Waals surface area contributed by atoms with Gasteiger partial charge in [0.25, 0.3) is 5.91 Å². The zero-order chi connectivity index (χ0) is 19.7. The van der Waals surface area contributed by atoms with Crippen LogP contribution in [0, 0.1) is 6.92 Å². The second-order valence-electron chi connectivity index (χ2n) is 7.61. The summed E-state index contributed by atoms with van der Waals surface area (Å²) in [5, 5.41) is 0. The number of benzene rings is 1. The van der Waals surface area contributed by atoms with E-state index in [0.717, 1.165) is 48.6 Å². The molecule has 0 spiro atoms. The molecular weight excluding hydrogens is 354 g/mol. The van der Waals surface area contributed by atoms with Crippen molar-refractivity contribution in [2.24, 2.45) is 5.73 Å². The van der Waals surface area contributed by atoms with Crippen LogP contribution in [0.25, 0.3) is 0 Å². The Hall–Kier alpha value is -2.67. The van der Waals surface area contributed by atoms with E-state index in [2.05, 4.69) is 14.5 Å². The topological polar surface area (TPSA) is 84.5 Å². The molecule has 1 unspecified atom stereocenters. The Bertz CT molecular complexity index is 868. The molecule has 4 rings (SSSR count). The van der Waals surface area contributed by atoms with Crippen molar-refractivity contribution in [3.63, 3.8) is 0 Å². The fourth-order valence-electron chi connectivity index (χ4n) is 4.41. The van der Waals surface area contributed by atoms with E-state index in [-0.39, 0.29) is 11.8 Å². The van der Waals surface area contributed by atoms with E-state index in [4.69, 9.17) is 5.73 Å². The van der Waals surface area contributed by atoms with Crippen LogP contribution in [0.4, 0.5) is 0 Å². The summed E-state index contributed by atoms with van der Waals surface area (Å²) in [6, 6.07) is 9.15. The van der Waals surface area contributed by atoms with Gasteiger partial charge >= 0.3 is 0 Å². The van der Waals surface area contributed by atoms with Gasteiger partial charge in [0, 0.05) is 39.1 Å². The maximum absolute atomic E-state index is 13.2. The number of hydrogen-bond donors (Lipinski definition) is 1. The predicted octanol–water partition coefficient (Wildman–Crippen LogP) is 1.51. The van der Waals surface area contributed by atoms with Crippen molar-refractivity contribution in [1.82, 2.24) is 19.4 Å². The molecule has 28 heavy (non-hydrogen) atoms. The number of piperazine rings is 1. The highest BCUT2D eigenvalue weighted by molar-refractivity contribution is 5.94. The van der Waals surface area contributed by atoms with Crippen LogP contribution in [-0.4, -0.2) is 57.3 Å². The Morgan fingerprint density at radius 1 is 1.04 bits per heavy atom. The minimum atomic E-state index is -0.456. The fraction of sp³-hybridized carbons (Fsp3) is 0.476. The zero-order valence-electron chi connectivity index (χ0n) is 16.3. The molecule has 0 aliphatic carbocycles. The summed E-state index contributed by atoms with van der Waals surface area (Å²) in [5.74, 6) is 0.725. The number of carbonyl (C=O) groups is 2. The van der Waals surface area contributed by atoms with Crippen molar-refractivity contribution in [3.05, 3.63) is 53.1 Å². The van der Waals surface area contributed by atoms with Crippen LogP contribution < -0.4 is 5.73 Å². The van der Waals surface area contributed by atoms with Crippen LogP contribution in [-0.2, 0) is 17.8 Å². The molecule has 1 atom stereocenters. The normalized spacial score (nSPS) is 18.5. The highest BCUT2D eigenvalue weighted by Crippen LogP contribution is 2.24. The van der Waals surface area contributed by atoms with Gasteiger partial charge in [-0.05, 0) is 25.3 Å². The molecule has 2 aromatic rings. The molecule has 1 aromatic carbocycles. The van der Waals surface area contributed by atoms with Gasteiger partial charge in [-0.2, -0.15) is 0 Å². The second-order valence-corrected chi connectivity index (χ2v) is 7.61. The Balaban J connectivity index is 1.48. The minimum absolute atomic E-state index is 0.0492. The van der Waals surface area contributed by atoms with Crippen molar-refractivity contribution in [3.8, 4) is 0 Å². The summed E-state index contributed by atoms with van der Waals surface area (Å²) in [4.78, 5) is 33.9. The first-order valence-corrected chi connectivity index (χ1v) is 10.00. The van der Waals surface area contributed by atoms with Crippen LogP contribution in [0.15, 0.2) is 30.3 Å². The summed E-state index contributed by atoms with van der Waals surface area (Å²) in [7, 11) is 0. The summed E-state index contributed by atoms with van der Waals surface area (Å²) in [6.45, 7) is 5.19. The molecule has 148 valence electrons. The first kappa shape index (κ1) is 18.7. The van der Waals surface area contributed by atoms with E-state index in [1.807, 2.05) is 42.2 Å². The lowest BCUT2D eigenvalue weighted by Crippen LogP contribution is -2.52. The van der Waals surface area contributed by atoms with Crippen LogP contribution in [0.2, 0.25) is 0 Å². The maximum atomic E-state index is 13.2. The van der Waals surface area contributed by atoms with E-state index in [1.54, 1.807) is 0 Å². The number of amides is 2. The van der Waals surface area contributed by atoms with Crippen LogP contribution in [0.5, 0.6) is 0 Å². The van der Waals surface area contributed by atoms with Gasteiger partial charge in [0.15, 0.2) is 0 Å². The number of fused-ring (bicyclic) bond motifs is 1. The molecule has 1 aromatic heterocycles. The van der Waals surface area contributed by atoms with Crippen molar-refractivity contribution < 1.29 is 9.59 Å². The Morgan fingerprint density at radius 3 is 2.43 bits per heavy atom. The van der Waals surface area contributed by atoms with Crippen molar-refractivity contribution >= 4 is 11.8 Å². The largest absolute Gasteiger partial charge is 0.368 e. The van der Waals surface area contributed by atoms with Crippen LogP contribution in [0.3, 0.4) is 0 Å². The van der Waals surface area contributed by atoms with Gasteiger partial charge in [-0.1, -0.05) is 30.3 Å². The molecule has 2 amide bonds. The van der Waals surface area contributed by atoms with Crippen molar-refractivity contribution in [2.75, 3.05) is 26.2 Å². The Morgan fingerprint density at radius 2 is 1.75 bits per heavy atom. The molecule has 0 saturated carbocycles. The standard InChI is InChI=1S/C21H27N5O2/c1-15-18(26-10-6-5-9-17(26)23-15)21(28)25-13-11-24(12-14-25)19(20(22)27)16-7-3-2-4-8-16/h2-4,7-8,19H,5-6,9-14H2,1H3,(H2,22,27). The van der Waals surface area contributed by atoms with E-state index in [9.17, 15) is 9.59 Å². The fourth-order valence-corrected chi connectivity index (χ4v) is 4.41. The van der Waals surface area contributed by atoms with Gasteiger partial charge in [0.2, 0.25) is 5.91 Å². The Labute approximate surface area is 165 Å². The molecule has 3 heterocycles. The number of primary amides is 1. The zero-order valence-corrected chi connectivity index (χ0v) is 16.3. The summed E-state index contributed by atoms with van der Waals surface area (Å²) in [5.41, 5.74) is 8.15. The molecule has 2 aliphatic heterocycles. The lowest BCUT2D eigenvalue weighted by Gasteiger charge is -2.38. The first-order chi connectivity index (χ1) is 13.6. The van der Waals surface area contributed by atoms with Gasteiger partial charge in [-0.15, -0.1) is 0 Å². The number of nitrogens with two attached hydrogens (primary N) is 1. The predicted molar refractivity (Wildman–Crippen MR) is 106 cm³/mol. The van der Waals surface area contributed by atoms with Crippen LogP contribution >= 0.6 is 0 Å². The van der Waals surface area contributed by atoms with Gasteiger partial charge in [-0.25, -0.2) is 4.98 Å². The third-order valence-corrected chi connectivity index (χ3v) is 5.81.